The van der Waals surface area contributed by atoms with E-state index in [1.807, 2.05) is 18.2 Å². The van der Waals surface area contributed by atoms with Crippen LogP contribution >= 0.6 is 0 Å². The Bertz CT molecular complexity index is 806. The van der Waals surface area contributed by atoms with Gasteiger partial charge in [0.1, 0.15) is 11.6 Å². The lowest BCUT2D eigenvalue weighted by Crippen LogP contribution is -2.39. The number of halogens is 1. The van der Waals surface area contributed by atoms with Crippen molar-refractivity contribution in [1.82, 2.24) is 0 Å². The average Bonchev–Trinajstić information content (AvgIpc) is 3.25. The van der Waals surface area contributed by atoms with Crippen LogP contribution in [0.3, 0.4) is 0 Å². The summed E-state index contributed by atoms with van der Waals surface area (Å²) >= 11 is 0. The van der Waals surface area contributed by atoms with Crippen LogP contribution in [0.25, 0.3) is 0 Å². The summed E-state index contributed by atoms with van der Waals surface area (Å²) in [5.74, 6) is 1.35. The zero-order valence-electron chi connectivity index (χ0n) is 16.3. The lowest BCUT2D eigenvalue weighted by molar-refractivity contribution is -0.104. The molecule has 0 bridgehead atoms. The van der Waals surface area contributed by atoms with Gasteiger partial charge < -0.3 is 19.9 Å². The SMILES string of the molecule is COc1cccc2c1CCC(C(Cc1cccc(F)c1)C1OCCO1)C2CN. The lowest BCUT2D eigenvalue weighted by Gasteiger charge is -2.40. The van der Waals surface area contributed by atoms with Crippen LogP contribution in [0, 0.1) is 17.7 Å². The van der Waals surface area contributed by atoms with Gasteiger partial charge in [-0.25, -0.2) is 4.39 Å². The van der Waals surface area contributed by atoms with Gasteiger partial charge in [-0.05, 0) is 72.5 Å². The van der Waals surface area contributed by atoms with Crippen LogP contribution in [-0.4, -0.2) is 33.2 Å². The van der Waals surface area contributed by atoms with Crippen LogP contribution in [0.15, 0.2) is 42.5 Å². The van der Waals surface area contributed by atoms with Crippen molar-refractivity contribution < 1.29 is 18.6 Å². The van der Waals surface area contributed by atoms with Crippen molar-refractivity contribution in [3.8, 4) is 5.75 Å². The highest BCUT2D eigenvalue weighted by atomic mass is 19.1. The Labute approximate surface area is 165 Å². The molecule has 1 fully saturated rings. The molecule has 1 heterocycles. The van der Waals surface area contributed by atoms with Crippen molar-refractivity contribution in [3.05, 3.63) is 65.0 Å². The highest BCUT2D eigenvalue weighted by Gasteiger charge is 2.40. The fourth-order valence-corrected chi connectivity index (χ4v) is 4.96. The molecule has 4 nitrogen and oxygen atoms in total. The molecule has 0 spiro atoms. The molecule has 2 N–H and O–H groups in total. The lowest BCUT2D eigenvalue weighted by atomic mass is 9.67. The van der Waals surface area contributed by atoms with E-state index in [4.69, 9.17) is 19.9 Å². The Balaban J connectivity index is 1.67. The summed E-state index contributed by atoms with van der Waals surface area (Å²) in [6, 6.07) is 13.0. The summed E-state index contributed by atoms with van der Waals surface area (Å²) in [6.07, 6.45) is 2.36. The van der Waals surface area contributed by atoms with Crippen LogP contribution in [-0.2, 0) is 22.3 Å². The van der Waals surface area contributed by atoms with Gasteiger partial charge >= 0.3 is 0 Å². The molecule has 2 aromatic rings. The monoisotopic (exact) mass is 385 g/mol. The van der Waals surface area contributed by atoms with E-state index in [1.165, 1.54) is 17.2 Å². The third kappa shape index (κ3) is 3.79. The standard InChI is InChI=1S/C23H28FNO3/c1-26-22-7-3-6-17-19(22)9-8-18(21(17)14-25)20(23-27-10-11-28-23)13-15-4-2-5-16(24)12-15/h2-7,12,18,20-21,23H,8-11,13-14,25H2,1H3. The first-order chi connectivity index (χ1) is 13.7. The van der Waals surface area contributed by atoms with Crippen molar-refractivity contribution in [2.75, 3.05) is 26.9 Å². The van der Waals surface area contributed by atoms with Gasteiger partial charge in [0.15, 0.2) is 6.29 Å². The third-order valence-electron chi connectivity index (χ3n) is 6.19. The van der Waals surface area contributed by atoms with E-state index in [2.05, 4.69) is 6.07 Å². The molecular weight excluding hydrogens is 357 g/mol. The molecule has 1 saturated heterocycles. The van der Waals surface area contributed by atoms with Crippen LogP contribution in [0.2, 0.25) is 0 Å². The zero-order valence-corrected chi connectivity index (χ0v) is 16.3. The van der Waals surface area contributed by atoms with Gasteiger partial charge in [-0.15, -0.1) is 0 Å². The predicted octanol–water partition coefficient (Wildman–Crippen LogP) is 3.67. The normalized spacial score (nSPS) is 23.4. The van der Waals surface area contributed by atoms with E-state index in [0.29, 0.717) is 32.1 Å². The molecule has 3 unspecified atom stereocenters. The van der Waals surface area contributed by atoms with E-state index in [9.17, 15) is 4.39 Å². The van der Waals surface area contributed by atoms with E-state index < -0.39 is 0 Å². The van der Waals surface area contributed by atoms with Gasteiger partial charge in [0.25, 0.3) is 0 Å². The smallest absolute Gasteiger partial charge is 0.161 e. The van der Waals surface area contributed by atoms with Crippen molar-refractivity contribution in [2.24, 2.45) is 17.6 Å². The van der Waals surface area contributed by atoms with Gasteiger partial charge in [0.05, 0.1) is 20.3 Å². The third-order valence-corrected chi connectivity index (χ3v) is 6.19. The summed E-state index contributed by atoms with van der Waals surface area (Å²) in [6.45, 7) is 1.76. The highest BCUT2D eigenvalue weighted by molar-refractivity contribution is 5.44. The van der Waals surface area contributed by atoms with Crippen LogP contribution in [0.4, 0.5) is 4.39 Å². The fraction of sp³-hybridized carbons (Fsp3) is 0.478. The second-order valence-electron chi connectivity index (χ2n) is 7.68. The number of nitrogens with two attached hydrogens (primary N) is 1. The maximum Gasteiger partial charge on any atom is 0.161 e. The molecule has 3 atom stereocenters. The maximum absolute atomic E-state index is 13.8. The summed E-state index contributed by atoms with van der Waals surface area (Å²) < 4.78 is 31.2. The molecule has 0 amide bonds. The number of hydrogen-bond acceptors (Lipinski definition) is 4. The molecule has 1 aliphatic heterocycles. The van der Waals surface area contributed by atoms with Crippen molar-refractivity contribution in [1.29, 1.82) is 0 Å². The topological polar surface area (TPSA) is 53.7 Å². The second kappa shape index (κ2) is 8.60. The predicted molar refractivity (Wildman–Crippen MR) is 106 cm³/mol. The first-order valence-electron chi connectivity index (χ1n) is 10.0. The molecule has 0 radical (unpaired) electrons. The van der Waals surface area contributed by atoms with Crippen LogP contribution in [0.1, 0.15) is 29.0 Å². The molecule has 2 aromatic carbocycles. The molecule has 5 heteroatoms. The van der Waals surface area contributed by atoms with Crippen molar-refractivity contribution in [3.63, 3.8) is 0 Å². The van der Waals surface area contributed by atoms with Crippen LogP contribution < -0.4 is 10.5 Å². The van der Waals surface area contributed by atoms with Gasteiger partial charge in [-0.3, -0.25) is 0 Å². The number of fused-ring (bicyclic) bond motifs is 1. The summed E-state index contributed by atoms with van der Waals surface area (Å²) in [7, 11) is 1.71. The molecule has 150 valence electrons. The Morgan fingerprint density at radius 2 is 1.96 bits per heavy atom. The first kappa shape index (κ1) is 19.4. The van der Waals surface area contributed by atoms with E-state index in [0.717, 1.165) is 24.2 Å². The molecule has 0 aromatic heterocycles. The molecule has 2 aliphatic rings. The quantitative estimate of drug-likeness (QED) is 0.824. The Kier molecular flexibility index (Phi) is 5.95. The van der Waals surface area contributed by atoms with Crippen molar-refractivity contribution in [2.45, 2.75) is 31.5 Å². The molecule has 28 heavy (non-hydrogen) atoms. The molecule has 4 rings (SSSR count). The van der Waals surface area contributed by atoms with Gasteiger partial charge in [0.2, 0.25) is 0 Å². The van der Waals surface area contributed by atoms with E-state index in [1.54, 1.807) is 19.2 Å². The number of ether oxygens (including phenoxy) is 3. The van der Waals surface area contributed by atoms with E-state index in [-0.39, 0.29) is 23.9 Å². The van der Waals surface area contributed by atoms with E-state index >= 15 is 0 Å². The zero-order chi connectivity index (χ0) is 19.5. The molecule has 0 saturated carbocycles. The summed E-state index contributed by atoms with van der Waals surface area (Å²) in [4.78, 5) is 0. The second-order valence-corrected chi connectivity index (χ2v) is 7.68. The Morgan fingerprint density at radius 1 is 1.18 bits per heavy atom. The van der Waals surface area contributed by atoms with Crippen LogP contribution in [0.5, 0.6) is 5.75 Å². The van der Waals surface area contributed by atoms with Gasteiger partial charge in [-0.1, -0.05) is 24.3 Å². The molecular formula is C23H28FNO3. The Hall–Kier alpha value is -1.95. The minimum absolute atomic E-state index is 0.122. The fourth-order valence-electron chi connectivity index (χ4n) is 4.96. The maximum atomic E-state index is 13.8. The number of benzene rings is 2. The highest BCUT2D eigenvalue weighted by Crippen LogP contribution is 2.45. The Morgan fingerprint density at radius 3 is 2.68 bits per heavy atom. The first-order valence-corrected chi connectivity index (χ1v) is 10.0. The van der Waals surface area contributed by atoms with Gasteiger partial charge in [0, 0.05) is 5.92 Å². The number of rotatable bonds is 6. The largest absolute Gasteiger partial charge is 0.496 e. The number of methoxy groups -OCH3 is 1. The van der Waals surface area contributed by atoms with Crippen molar-refractivity contribution >= 4 is 0 Å². The minimum atomic E-state index is -0.269. The minimum Gasteiger partial charge on any atom is -0.496 e. The number of hydrogen-bond donors (Lipinski definition) is 1. The molecule has 1 aliphatic carbocycles. The summed E-state index contributed by atoms with van der Waals surface area (Å²) in [5, 5.41) is 0. The average molecular weight is 385 g/mol. The van der Waals surface area contributed by atoms with Gasteiger partial charge in [-0.2, -0.15) is 0 Å². The summed E-state index contributed by atoms with van der Waals surface area (Å²) in [5.41, 5.74) is 9.76.